The second-order valence-electron chi connectivity index (χ2n) is 4.57. The molecule has 0 spiro atoms. The van der Waals surface area contributed by atoms with Crippen LogP contribution in [0.15, 0.2) is 6.20 Å². The molecule has 6 nitrogen and oxygen atoms in total. The number of amides is 1. The van der Waals surface area contributed by atoms with Crippen molar-refractivity contribution in [3.63, 3.8) is 0 Å². The van der Waals surface area contributed by atoms with Crippen molar-refractivity contribution >= 4 is 5.91 Å². The normalized spacial score (nSPS) is 16.5. The molecule has 0 radical (unpaired) electrons. The van der Waals surface area contributed by atoms with Crippen LogP contribution in [0.4, 0.5) is 0 Å². The third kappa shape index (κ3) is 2.82. The predicted octanol–water partition coefficient (Wildman–Crippen LogP) is -0.167. The third-order valence-corrected chi connectivity index (χ3v) is 2.94. The zero-order chi connectivity index (χ0) is 12.3. The lowest BCUT2D eigenvalue weighted by Crippen LogP contribution is -2.47. The first kappa shape index (κ1) is 12.0. The lowest BCUT2D eigenvalue weighted by Gasteiger charge is -2.27. The van der Waals surface area contributed by atoms with Gasteiger partial charge in [-0.15, -0.1) is 5.10 Å². The Bertz CT molecular complexity index is 381. The quantitative estimate of drug-likeness (QED) is 0.793. The average Bonchev–Trinajstić information content (AvgIpc) is 2.78. The monoisotopic (exact) mass is 237 g/mol. The molecule has 1 saturated heterocycles. The maximum atomic E-state index is 12.1. The van der Waals surface area contributed by atoms with Crippen molar-refractivity contribution in [2.45, 2.75) is 26.3 Å². The van der Waals surface area contributed by atoms with Crippen molar-refractivity contribution < 1.29 is 4.79 Å². The molecule has 0 saturated carbocycles. The van der Waals surface area contributed by atoms with Gasteiger partial charge in [-0.3, -0.25) is 4.79 Å². The first-order chi connectivity index (χ1) is 8.18. The summed E-state index contributed by atoms with van der Waals surface area (Å²) < 4.78 is 1.81. The lowest BCUT2D eigenvalue weighted by atomic mass is 10.2. The number of carbonyl (C=O) groups is 1. The number of piperazine rings is 1. The third-order valence-electron chi connectivity index (χ3n) is 2.94. The Morgan fingerprint density at radius 3 is 2.82 bits per heavy atom. The van der Waals surface area contributed by atoms with Gasteiger partial charge >= 0.3 is 0 Å². The molecule has 1 aromatic rings. The number of rotatable bonds is 3. The fourth-order valence-corrected chi connectivity index (χ4v) is 2.01. The molecule has 1 aromatic heterocycles. The van der Waals surface area contributed by atoms with E-state index in [0.717, 1.165) is 31.9 Å². The minimum atomic E-state index is 0.163. The summed E-state index contributed by atoms with van der Waals surface area (Å²) in [5.74, 6) is 0.163. The van der Waals surface area contributed by atoms with E-state index >= 15 is 0 Å². The highest BCUT2D eigenvalue weighted by atomic mass is 16.2. The summed E-state index contributed by atoms with van der Waals surface area (Å²) in [6, 6.07) is 0.239. The van der Waals surface area contributed by atoms with E-state index in [1.54, 1.807) is 10.9 Å². The van der Waals surface area contributed by atoms with E-state index in [-0.39, 0.29) is 11.9 Å². The van der Waals surface area contributed by atoms with Crippen LogP contribution in [0.3, 0.4) is 0 Å². The Morgan fingerprint density at radius 1 is 1.47 bits per heavy atom. The molecule has 1 aliphatic heterocycles. The zero-order valence-electron chi connectivity index (χ0n) is 10.4. The number of hydrogen-bond acceptors (Lipinski definition) is 4. The SMILES string of the molecule is CC(C)n1nncc1CC(=O)N1CCNCC1. The smallest absolute Gasteiger partial charge is 0.228 e. The van der Waals surface area contributed by atoms with E-state index in [9.17, 15) is 4.79 Å². The van der Waals surface area contributed by atoms with Crippen LogP contribution in [-0.4, -0.2) is 52.0 Å². The first-order valence-corrected chi connectivity index (χ1v) is 6.06. The van der Waals surface area contributed by atoms with Crippen molar-refractivity contribution in [2.24, 2.45) is 0 Å². The van der Waals surface area contributed by atoms with E-state index in [1.807, 2.05) is 18.7 Å². The van der Waals surface area contributed by atoms with Gasteiger partial charge in [-0.25, -0.2) is 4.68 Å². The van der Waals surface area contributed by atoms with Crippen LogP contribution in [-0.2, 0) is 11.2 Å². The Balaban J connectivity index is 1.99. The molecule has 2 heterocycles. The summed E-state index contributed by atoms with van der Waals surface area (Å²) in [5.41, 5.74) is 0.892. The molecule has 1 N–H and O–H groups in total. The van der Waals surface area contributed by atoms with Crippen LogP contribution in [0.2, 0.25) is 0 Å². The highest BCUT2D eigenvalue weighted by Crippen LogP contribution is 2.08. The first-order valence-electron chi connectivity index (χ1n) is 6.06. The summed E-state index contributed by atoms with van der Waals surface area (Å²) in [5, 5.41) is 11.1. The molecular weight excluding hydrogens is 218 g/mol. The van der Waals surface area contributed by atoms with Gasteiger partial charge in [0, 0.05) is 32.2 Å². The van der Waals surface area contributed by atoms with Crippen LogP contribution in [0, 0.1) is 0 Å². The molecule has 0 unspecified atom stereocenters. The molecule has 94 valence electrons. The molecule has 6 heteroatoms. The summed E-state index contributed by atoms with van der Waals surface area (Å²) in [7, 11) is 0. The zero-order valence-corrected chi connectivity index (χ0v) is 10.4. The van der Waals surface area contributed by atoms with Crippen LogP contribution in [0.5, 0.6) is 0 Å². The van der Waals surface area contributed by atoms with Crippen molar-refractivity contribution in [2.75, 3.05) is 26.2 Å². The second kappa shape index (κ2) is 5.27. The van der Waals surface area contributed by atoms with Gasteiger partial charge in [0.1, 0.15) is 0 Å². The van der Waals surface area contributed by atoms with E-state index in [1.165, 1.54) is 0 Å². The molecule has 2 rings (SSSR count). The molecule has 0 aromatic carbocycles. The largest absolute Gasteiger partial charge is 0.340 e. The second-order valence-corrected chi connectivity index (χ2v) is 4.57. The molecule has 1 amide bonds. The Hall–Kier alpha value is -1.43. The van der Waals surface area contributed by atoms with Gasteiger partial charge in [0.2, 0.25) is 5.91 Å². The van der Waals surface area contributed by atoms with Crippen LogP contribution >= 0.6 is 0 Å². The minimum absolute atomic E-state index is 0.163. The molecule has 0 atom stereocenters. The summed E-state index contributed by atoms with van der Waals surface area (Å²) in [6.45, 7) is 7.42. The number of hydrogen-bond donors (Lipinski definition) is 1. The number of nitrogens with one attached hydrogen (secondary N) is 1. The van der Waals surface area contributed by atoms with Gasteiger partial charge in [-0.05, 0) is 13.8 Å². The highest BCUT2D eigenvalue weighted by Gasteiger charge is 2.18. The van der Waals surface area contributed by atoms with E-state index in [2.05, 4.69) is 15.6 Å². The fourth-order valence-electron chi connectivity index (χ4n) is 2.01. The number of carbonyl (C=O) groups excluding carboxylic acids is 1. The predicted molar refractivity (Wildman–Crippen MR) is 63.6 cm³/mol. The average molecular weight is 237 g/mol. The lowest BCUT2D eigenvalue weighted by molar-refractivity contribution is -0.131. The van der Waals surface area contributed by atoms with Crippen molar-refractivity contribution in [3.8, 4) is 0 Å². The molecule has 1 aliphatic rings. The Morgan fingerprint density at radius 2 is 2.18 bits per heavy atom. The van der Waals surface area contributed by atoms with E-state index < -0.39 is 0 Å². The minimum Gasteiger partial charge on any atom is -0.340 e. The molecule has 17 heavy (non-hydrogen) atoms. The Labute approximate surface area is 101 Å². The van der Waals surface area contributed by atoms with Crippen LogP contribution in [0.1, 0.15) is 25.6 Å². The number of nitrogens with zero attached hydrogens (tertiary/aromatic N) is 4. The van der Waals surface area contributed by atoms with Crippen molar-refractivity contribution in [1.29, 1.82) is 0 Å². The summed E-state index contributed by atoms with van der Waals surface area (Å²) in [6.07, 6.45) is 2.07. The van der Waals surface area contributed by atoms with Crippen molar-refractivity contribution in [1.82, 2.24) is 25.2 Å². The maximum Gasteiger partial charge on any atom is 0.228 e. The molecular formula is C11H19N5O. The summed E-state index contributed by atoms with van der Waals surface area (Å²) >= 11 is 0. The fraction of sp³-hybridized carbons (Fsp3) is 0.727. The topological polar surface area (TPSA) is 63.1 Å². The van der Waals surface area contributed by atoms with Crippen LogP contribution in [0.25, 0.3) is 0 Å². The van der Waals surface area contributed by atoms with Crippen molar-refractivity contribution in [3.05, 3.63) is 11.9 Å². The Kier molecular flexibility index (Phi) is 3.73. The molecule has 1 fully saturated rings. The summed E-state index contributed by atoms with van der Waals surface area (Å²) in [4.78, 5) is 14.0. The van der Waals surface area contributed by atoms with Gasteiger partial charge in [-0.1, -0.05) is 5.21 Å². The highest BCUT2D eigenvalue weighted by molar-refractivity contribution is 5.78. The van der Waals surface area contributed by atoms with Gasteiger partial charge in [-0.2, -0.15) is 0 Å². The van der Waals surface area contributed by atoms with Gasteiger partial charge in [0.15, 0.2) is 0 Å². The van der Waals surface area contributed by atoms with Gasteiger partial charge < -0.3 is 10.2 Å². The van der Waals surface area contributed by atoms with Crippen LogP contribution < -0.4 is 5.32 Å². The van der Waals surface area contributed by atoms with E-state index in [0.29, 0.717) is 6.42 Å². The standard InChI is InChI=1S/C11H19N5O/c1-9(2)16-10(8-13-14-16)7-11(17)15-5-3-12-4-6-15/h8-9,12H,3-7H2,1-2H3. The van der Waals surface area contributed by atoms with Gasteiger partial charge in [0.25, 0.3) is 0 Å². The molecule has 0 bridgehead atoms. The number of aromatic nitrogens is 3. The van der Waals surface area contributed by atoms with Gasteiger partial charge in [0.05, 0.1) is 18.3 Å². The maximum absolute atomic E-state index is 12.1. The molecule has 0 aliphatic carbocycles. The van der Waals surface area contributed by atoms with E-state index in [4.69, 9.17) is 0 Å².